The molecule has 0 amide bonds. The van der Waals surface area contributed by atoms with E-state index in [1.54, 1.807) is 4.90 Å². The van der Waals surface area contributed by atoms with Crippen LogP contribution in [0.3, 0.4) is 0 Å². The van der Waals surface area contributed by atoms with E-state index in [2.05, 4.69) is 12.2 Å². The second kappa shape index (κ2) is 8.23. The number of halogens is 3. The molecule has 0 aromatic carbocycles. The molecule has 2 nitrogen and oxygen atoms in total. The van der Waals surface area contributed by atoms with Crippen LogP contribution in [-0.2, 0) is 0 Å². The summed E-state index contributed by atoms with van der Waals surface area (Å²) in [5.41, 5.74) is 0. The zero-order chi connectivity index (χ0) is 15.2. The zero-order valence-corrected chi connectivity index (χ0v) is 13.0. The molecule has 1 aliphatic carbocycles. The molecule has 5 heteroatoms. The maximum Gasteiger partial charge on any atom is 0.401 e. The van der Waals surface area contributed by atoms with E-state index in [0.29, 0.717) is 18.5 Å². The lowest BCUT2D eigenvalue weighted by Gasteiger charge is -2.34. The SMILES string of the molecule is CCNC1CCCCCC1CN(CC(F)(F)F)C(C)C. The standard InChI is InChI=1S/C15H29F3N2/c1-4-19-14-9-7-5-6-8-13(14)10-20(12(2)3)11-15(16,17)18/h12-14,19H,4-11H2,1-3H3. The van der Waals surface area contributed by atoms with Crippen molar-refractivity contribution >= 4 is 0 Å². The number of hydrogen-bond donors (Lipinski definition) is 1. The Hall–Kier alpha value is -0.290. The van der Waals surface area contributed by atoms with Crippen molar-refractivity contribution in [1.82, 2.24) is 10.2 Å². The van der Waals surface area contributed by atoms with Gasteiger partial charge in [0.1, 0.15) is 0 Å². The number of hydrogen-bond acceptors (Lipinski definition) is 2. The van der Waals surface area contributed by atoms with Crippen molar-refractivity contribution < 1.29 is 13.2 Å². The Balaban J connectivity index is 2.67. The van der Waals surface area contributed by atoms with E-state index in [1.807, 2.05) is 13.8 Å². The third-order valence-electron chi connectivity index (χ3n) is 4.21. The predicted molar refractivity (Wildman–Crippen MR) is 76.8 cm³/mol. The van der Waals surface area contributed by atoms with E-state index < -0.39 is 12.7 Å². The molecule has 0 aromatic rings. The molecule has 0 spiro atoms. The van der Waals surface area contributed by atoms with Gasteiger partial charge in [0, 0.05) is 18.6 Å². The van der Waals surface area contributed by atoms with Crippen LogP contribution in [0.1, 0.15) is 52.9 Å². The highest BCUT2D eigenvalue weighted by atomic mass is 19.4. The van der Waals surface area contributed by atoms with Gasteiger partial charge in [-0.2, -0.15) is 13.2 Å². The molecule has 1 saturated carbocycles. The molecule has 2 atom stereocenters. The van der Waals surface area contributed by atoms with Crippen molar-refractivity contribution in [2.75, 3.05) is 19.6 Å². The van der Waals surface area contributed by atoms with Crippen molar-refractivity contribution in [3.63, 3.8) is 0 Å². The quantitative estimate of drug-likeness (QED) is 0.749. The Bertz CT molecular complexity index is 266. The lowest BCUT2D eigenvalue weighted by molar-refractivity contribution is -0.151. The van der Waals surface area contributed by atoms with Crippen molar-refractivity contribution in [3.05, 3.63) is 0 Å². The summed E-state index contributed by atoms with van der Waals surface area (Å²) < 4.78 is 38.1. The van der Waals surface area contributed by atoms with Crippen LogP contribution in [0, 0.1) is 5.92 Å². The van der Waals surface area contributed by atoms with Crippen molar-refractivity contribution in [1.29, 1.82) is 0 Å². The largest absolute Gasteiger partial charge is 0.401 e. The minimum absolute atomic E-state index is 0.0674. The maximum absolute atomic E-state index is 12.7. The van der Waals surface area contributed by atoms with Gasteiger partial charge in [-0.25, -0.2) is 0 Å². The number of nitrogens with zero attached hydrogens (tertiary/aromatic N) is 1. The third-order valence-corrected chi connectivity index (χ3v) is 4.21. The average Bonchev–Trinajstić information content (AvgIpc) is 2.53. The van der Waals surface area contributed by atoms with Crippen LogP contribution in [-0.4, -0.2) is 42.8 Å². The summed E-state index contributed by atoms with van der Waals surface area (Å²) in [7, 11) is 0. The summed E-state index contributed by atoms with van der Waals surface area (Å²) in [6.45, 7) is 6.42. The lowest BCUT2D eigenvalue weighted by atomic mass is 9.93. The monoisotopic (exact) mass is 294 g/mol. The first kappa shape index (κ1) is 17.8. The summed E-state index contributed by atoms with van der Waals surface area (Å²) in [5, 5.41) is 3.47. The highest BCUT2D eigenvalue weighted by Gasteiger charge is 2.34. The van der Waals surface area contributed by atoms with Crippen LogP contribution in [0.15, 0.2) is 0 Å². The number of nitrogens with one attached hydrogen (secondary N) is 1. The molecule has 2 unspecified atom stereocenters. The fraction of sp³-hybridized carbons (Fsp3) is 1.00. The Morgan fingerprint density at radius 3 is 2.35 bits per heavy atom. The summed E-state index contributed by atoms with van der Waals surface area (Å²) in [5.74, 6) is 0.335. The Kier molecular flexibility index (Phi) is 7.30. The summed E-state index contributed by atoms with van der Waals surface area (Å²) >= 11 is 0. The van der Waals surface area contributed by atoms with E-state index in [-0.39, 0.29) is 6.04 Å². The van der Waals surface area contributed by atoms with Crippen molar-refractivity contribution in [2.45, 2.75) is 71.1 Å². The minimum Gasteiger partial charge on any atom is -0.314 e. The predicted octanol–water partition coefficient (Wildman–Crippen LogP) is 3.82. The highest BCUT2D eigenvalue weighted by Crippen LogP contribution is 2.26. The van der Waals surface area contributed by atoms with E-state index in [0.717, 1.165) is 25.8 Å². The Labute approximate surface area is 121 Å². The van der Waals surface area contributed by atoms with E-state index in [1.165, 1.54) is 12.8 Å². The molecule has 20 heavy (non-hydrogen) atoms. The summed E-state index contributed by atoms with van der Waals surface area (Å²) in [4.78, 5) is 1.58. The smallest absolute Gasteiger partial charge is 0.314 e. The van der Waals surface area contributed by atoms with Gasteiger partial charge >= 0.3 is 6.18 Å². The second-order valence-corrected chi connectivity index (χ2v) is 6.20. The fourth-order valence-electron chi connectivity index (χ4n) is 3.12. The highest BCUT2D eigenvalue weighted by molar-refractivity contribution is 4.83. The minimum atomic E-state index is -4.11. The van der Waals surface area contributed by atoms with Gasteiger partial charge in [0.05, 0.1) is 6.54 Å². The van der Waals surface area contributed by atoms with Crippen molar-refractivity contribution in [2.24, 2.45) is 5.92 Å². The van der Waals surface area contributed by atoms with Gasteiger partial charge < -0.3 is 5.32 Å². The molecule has 0 bridgehead atoms. The van der Waals surface area contributed by atoms with E-state index >= 15 is 0 Å². The third kappa shape index (κ3) is 6.44. The first-order chi connectivity index (χ1) is 9.33. The fourth-order valence-corrected chi connectivity index (χ4v) is 3.12. The molecule has 1 N–H and O–H groups in total. The molecule has 120 valence electrons. The molecule has 1 fully saturated rings. The molecule has 1 rings (SSSR count). The normalized spacial score (nSPS) is 25.2. The second-order valence-electron chi connectivity index (χ2n) is 6.20. The Morgan fingerprint density at radius 2 is 1.80 bits per heavy atom. The average molecular weight is 294 g/mol. The molecular formula is C15H29F3N2. The molecule has 0 radical (unpaired) electrons. The lowest BCUT2D eigenvalue weighted by Crippen LogP contribution is -2.46. The maximum atomic E-state index is 12.7. The first-order valence-electron chi connectivity index (χ1n) is 7.87. The van der Waals surface area contributed by atoms with E-state index in [9.17, 15) is 13.2 Å². The van der Waals surface area contributed by atoms with Crippen LogP contribution >= 0.6 is 0 Å². The van der Waals surface area contributed by atoms with Gasteiger partial charge in [-0.3, -0.25) is 4.90 Å². The van der Waals surface area contributed by atoms with E-state index in [4.69, 9.17) is 0 Å². The van der Waals surface area contributed by atoms with Crippen LogP contribution < -0.4 is 5.32 Å². The van der Waals surface area contributed by atoms with Gasteiger partial charge in [0.15, 0.2) is 0 Å². The van der Waals surface area contributed by atoms with Gasteiger partial charge in [-0.05, 0) is 39.2 Å². The number of alkyl halides is 3. The van der Waals surface area contributed by atoms with Crippen LogP contribution in [0.2, 0.25) is 0 Å². The van der Waals surface area contributed by atoms with Gasteiger partial charge in [-0.15, -0.1) is 0 Å². The summed E-state index contributed by atoms with van der Waals surface area (Å²) in [6, 6.07) is 0.305. The first-order valence-corrected chi connectivity index (χ1v) is 7.87. The van der Waals surface area contributed by atoms with Gasteiger partial charge in [-0.1, -0.05) is 26.2 Å². The molecule has 0 aliphatic heterocycles. The van der Waals surface area contributed by atoms with Crippen LogP contribution in [0.25, 0.3) is 0 Å². The molecule has 0 aromatic heterocycles. The zero-order valence-electron chi connectivity index (χ0n) is 13.0. The molecule has 0 heterocycles. The number of rotatable bonds is 6. The molecule has 1 aliphatic rings. The van der Waals surface area contributed by atoms with Gasteiger partial charge in [0.25, 0.3) is 0 Å². The van der Waals surface area contributed by atoms with Crippen molar-refractivity contribution in [3.8, 4) is 0 Å². The van der Waals surface area contributed by atoms with Crippen LogP contribution in [0.5, 0.6) is 0 Å². The molecular weight excluding hydrogens is 265 g/mol. The topological polar surface area (TPSA) is 15.3 Å². The van der Waals surface area contributed by atoms with Gasteiger partial charge in [0.2, 0.25) is 0 Å². The van der Waals surface area contributed by atoms with Crippen LogP contribution in [0.4, 0.5) is 13.2 Å². The summed E-state index contributed by atoms with van der Waals surface area (Å²) in [6.07, 6.45) is 1.57. The molecule has 0 saturated heterocycles. The Morgan fingerprint density at radius 1 is 1.15 bits per heavy atom.